The molecule has 0 aromatic carbocycles. The van der Waals surface area contributed by atoms with Crippen LogP contribution in [0.2, 0.25) is 0 Å². The van der Waals surface area contributed by atoms with E-state index in [9.17, 15) is 9.59 Å². The van der Waals surface area contributed by atoms with E-state index in [-0.39, 0.29) is 31.4 Å². The van der Waals surface area contributed by atoms with Gasteiger partial charge in [0.15, 0.2) is 0 Å². The fourth-order valence-corrected chi connectivity index (χ4v) is 1.16. The lowest BCUT2D eigenvalue weighted by Crippen LogP contribution is -2.37. The summed E-state index contributed by atoms with van der Waals surface area (Å²) in [5.74, 6) is 0.194. The van der Waals surface area contributed by atoms with E-state index >= 15 is 0 Å². The molecule has 94 valence electrons. The molecular weight excluding hydrogens is 232 g/mol. The molecule has 0 atom stereocenters. The molecule has 1 rings (SSSR count). The van der Waals surface area contributed by atoms with Crippen LogP contribution in [0.4, 0.5) is 0 Å². The van der Waals surface area contributed by atoms with Gasteiger partial charge < -0.3 is 15.4 Å². The zero-order chi connectivity index (χ0) is 11.1. The molecule has 0 aliphatic heterocycles. The molecule has 1 saturated carbocycles. The highest BCUT2D eigenvalue weighted by Gasteiger charge is 2.20. The summed E-state index contributed by atoms with van der Waals surface area (Å²) in [6.07, 6.45) is 2.52. The van der Waals surface area contributed by atoms with Crippen LogP contribution in [-0.4, -0.2) is 38.1 Å². The predicted molar refractivity (Wildman–Crippen MR) is 62.5 cm³/mol. The number of rotatable bonds is 7. The lowest BCUT2D eigenvalue weighted by atomic mass is 10.4. The molecule has 0 aromatic rings. The van der Waals surface area contributed by atoms with E-state index in [1.807, 2.05) is 0 Å². The van der Waals surface area contributed by atoms with Gasteiger partial charge >= 0.3 is 5.97 Å². The smallest absolute Gasteiger partial charge is 0.325 e. The molecule has 6 heteroatoms. The highest BCUT2D eigenvalue weighted by atomic mass is 35.5. The standard InChI is InChI=1S/C10H18N2O3.ClH/c1-2-15-10(14)7-12-9(13)6-11-5-8-3-4-8;/h8,11H,2-7H2,1H3,(H,12,13);1H. The number of carbonyl (C=O) groups is 2. The summed E-state index contributed by atoms with van der Waals surface area (Å²) in [5, 5.41) is 5.52. The van der Waals surface area contributed by atoms with E-state index in [1.165, 1.54) is 12.8 Å². The van der Waals surface area contributed by atoms with Gasteiger partial charge in [-0.15, -0.1) is 12.4 Å². The minimum atomic E-state index is -0.395. The Morgan fingerprint density at radius 3 is 2.56 bits per heavy atom. The van der Waals surface area contributed by atoms with Crippen LogP contribution in [0.25, 0.3) is 0 Å². The number of hydrogen-bond acceptors (Lipinski definition) is 4. The fourth-order valence-electron chi connectivity index (χ4n) is 1.16. The average Bonchev–Trinajstić information content (AvgIpc) is 2.99. The third-order valence-electron chi connectivity index (χ3n) is 2.15. The van der Waals surface area contributed by atoms with Crippen LogP contribution >= 0.6 is 12.4 Å². The van der Waals surface area contributed by atoms with Crippen LogP contribution in [0.3, 0.4) is 0 Å². The Balaban J connectivity index is 0.00000225. The number of hydrogen-bond donors (Lipinski definition) is 2. The second-order valence-corrected chi connectivity index (χ2v) is 3.66. The van der Waals surface area contributed by atoms with Crippen LogP contribution in [-0.2, 0) is 14.3 Å². The van der Waals surface area contributed by atoms with Gasteiger partial charge in [-0.2, -0.15) is 0 Å². The van der Waals surface area contributed by atoms with E-state index in [2.05, 4.69) is 15.4 Å². The van der Waals surface area contributed by atoms with Crippen molar-refractivity contribution in [2.45, 2.75) is 19.8 Å². The molecule has 0 aromatic heterocycles. The van der Waals surface area contributed by atoms with Crippen LogP contribution in [0, 0.1) is 5.92 Å². The first kappa shape index (κ1) is 15.2. The summed E-state index contributed by atoms with van der Waals surface area (Å²) >= 11 is 0. The third kappa shape index (κ3) is 7.48. The van der Waals surface area contributed by atoms with Gasteiger partial charge in [0.05, 0.1) is 13.2 Å². The first-order valence-corrected chi connectivity index (χ1v) is 5.35. The molecule has 0 spiro atoms. The van der Waals surface area contributed by atoms with Crippen molar-refractivity contribution in [3.05, 3.63) is 0 Å². The molecule has 0 heterocycles. The van der Waals surface area contributed by atoms with Crippen molar-refractivity contribution in [3.8, 4) is 0 Å². The van der Waals surface area contributed by atoms with Gasteiger partial charge in [0.1, 0.15) is 6.54 Å². The first-order valence-electron chi connectivity index (χ1n) is 5.35. The molecule has 1 aliphatic rings. The van der Waals surface area contributed by atoms with E-state index in [4.69, 9.17) is 0 Å². The molecule has 0 unspecified atom stereocenters. The van der Waals surface area contributed by atoms with Crippen LogP contribution in [0.5, 0.6) is 0 Å². The van der Waals surface area contributed by atoms with Crippen molar-refractivity contribution >= 4 is 24.3 Å². The van der Waals surface area contributed by atoms with Crippen LogP contribution in [0.1, 0.15) is 19.8 Å². The number of esters is 1. The maximum atomic E-state index is 11.2. The second kappa shape index (κ2) is 8.35. The zero-order valence-corrected chi connectivity index (χ0v) is 10.3. The molecule has 2 N–H and O–H groups in total. The molecule has 0 bridgehead atoms. The molecule has 1 amide bonds. The van der Waals surface area contributed by atoms with Gasteiger partial charge in [-0.25, -0.2) is 0 Å². The Bertz CT molecular complexity index is 232. The predicted octanol–water partition coefficient (Wildman–Crippen LogP) is 0.0871. The second-order valence-electron chi connectivity index (χ2n) is 3.66. The Morgan fingerprint density at radius 1 is 1.31 bits per heavy atom. The summed E-state index contributed by atoms with van der Waals surface area (Å²) in [6.45, 7) is 3.20. The van der Waals surface area contributed by atoms with Crippen molar-refractivity contribution in [1.29, 1.82) is 0 Å². The van der Waals surface area contributed by atoms with E-state index in [0.29, 0.717) is 6.61 Å². The lowest BCUT2D eigenvalue weighted by molar-refractivity contribution is -0.143. The van der Waals surface area contributed by atoms with Gasteiger partial charge in [0.2, 0.25) is 5.91 Å². The number of carbonyl (C=O) groups excluding carboxylic acids is 2. The van der Waals surface area contributed by atoms with Gasteiger partial charge in [0.25, 0.3) is 0 Å². The highest BCUT2D eigenvalue weighted by molar-refractivity contribution is 5.85. The normalized spacial score (nSPS) is 13.8. The third-order valence-corrected chi connectivity index (χ3v) is 2.15. The fraction of sp³-hybridized carbons (Fsp3) is 0.800. The van der Waals surface area contributed by atoms with Crippen LogP contribution in [0.15, 0.2) is 0 Å². The van der Waals surface area contributed by atoms with Crippen molar-refractivity contribution in [2.24, 2.45) is 5.92 Å². The minimum Gasteiger partial charge on any atom is -0.465 e. The average molecular weight is 251 g/mol. The topological polar surface area (TPSA) is 67.4 Å². The molecular formula is C10H19ClN2O3. The Hall–Kier alpha value is -0.810. The maximum Gasteiger partial charge on any atom is 0.325 e. The summed E-state index contributed by atoms with van der Waals surface area (Å²) in [7, 11) is 0. The molecule has 1 aliphatic carbocycles. The number of halogens is 1. The summed E-state index contributed by atoms with van der Waals surface area (Å²) in [6, 6.07) is 0. The zero-order valence-electron chi connectivity index (χ0n) is 9.45. The van der Waals surface area contributed by atoms with Crippen molar-refractivity contribution in [1.82, 2.24) is 10.6 Å². The quantitative estimate of drug-likeness (QED) is 0.629. The maximum absolute atomic E-state index is 11.2. The first-order chi connectivity index (χ1) is 7.22. The molecule has 0 saturated heterocycles. The minimum absolute atomic E-state index is 0. The SMILES string of the molecule is CCOC(=O)CNC(=O)CNCC1CC1.Cl. The molecule has 1 fully saturated rings. The molecule has 0 radical (unpaired) electrons. The Labute approximate surface area is 102 Å². The Morgan fingerprint density at radius 2 is 2.00 bits per heavy atom. The van der Waals surface area contributed by atoms with E-state index in [1.54, 1.807) is 6.92 Å². The van der Waals surface area contributed by atoms with Crippen LogP contribution < -0.4 is 10.6 Å². The summed E-state index contributed by atoms with van der Waals surface area (Å²) < 4.78 is 4.67. The lowest BCUT2D eigenvalue weighted by Gasteiger charge is -2.05. The molecule has 16 heavy (non-hydrogen) atoms. The monoisotopic (exact) mass is 250 g/mol. The number of nitrogens with one attached hydrogen (secondary N) is 2. The Kier molecular flexibility index (Phi) is 7.93. The number of ether oxygens (including phenoxy) is 1. The van der Waals surface area contributed by atoms with Crippen molar-refractivity contribution in [2.75, 3.05) is 26.2 Å². The van der Waals surface area contributed by atoms with Gasteiger partial charge in [-0.3, -0.25) is 9.59 Å². The van der Waals surface area contributed by atoms with Gasteiger partial charge in [-0.05, 0) is 32.2 Å². The van der Waals surface area contributed by atoms with Gasteiger partial charge in [-0.1, -0.05) is 0 Å². The summed E-state index contributed by atoms with van der Waals surface area (Å²) in [4.78, 5) is 22.1. The van der Waals surface area contributed by atoms with Crippen molar-refractivity contribution < 1.29 is 14.3 Å². The summed E-state index contributed by atoms with van der Waals surface area (Å²) in [5.41, 5.74) is 0. The largest absolute Gasteiger partial charge is 0.465 e. The van der Waals surface area contributed by atoms with Gasteiger partial charge in [0, 0.05) is 0 Å². The van der Waals surface area contributed by atoms with Crippen molar-refractivity contribution in [3.63, 3.8) is 0 Å². The number of amides is 1. The highest BCUT2D eigenvalue weighted by Crippen LogP contribution is 2.27. The van der Waals surface area contributed by atoms with E-state index < -0.39 is 5.97 Å². The van der Waals surface area contributed by atoms with E-state index in [0.717, 1.165) is 12.5 Å². The molecule has 5 nitrogen and oxygen atoms in total.